The van der Waals surface area contributed by atoms with Crippen LogP contribution < -0.4 is 26.2 Å². The third-order valence-electron chi connectivity index (χ3n) is 11.0. The summed E-state index contributed by atoms with van der Waals surface area (Å²) in [4.78, 5) is 3.23. The van der Waals surface area contributed by atoms with Gasteiger partial charge in [0.05, 0.1) is 0 Å². The fourth-order valence-electron chi connectivity index (χ4n) is 9.49. The number of benzene rings is 3. The Morgan fingerprint density at radius 3 is 1.51 bits per heavy atom. The van der Waals surface area contributed by atoms with E-state index in [2.05, 4.69) is 0 Å². The van der Waals surface area contributed by atoms with Crippen LogP contribution in [0.15, 0.2) is 42.5 Å². The van der Waals surface area contributed by atoms with Crippen LogP contribution in [0.25, 0.3) is 0 Å². The molecule has 2 fully saturated rings. The average Bonchev–Trinajstić information content (AvgIpc) is 3.28. The highest BCUT2D eigenvalue weighted by molar-refractivity contribution is 7.00. The first-order chi connectivity index (χ1) is 18.7. The zero-order valence-electron chi connectivity index (χ0n) is 22.2. The lowest BCUT2D eigenvalue weighted by Gasteiger charge is -2.49. The summed E-state index contributed by atoms with van der Waals surface area (Å²) in [7, 11) is 0. The van der Waals surface area contributed by atoms with E-state index < -0.39 is 22.9 Å². The first-order valence-electron chi connectivity index (χ1n) is 14.4. The van der Waals surface area contributed by atoms with E-state index in [-0.39, 0.29) is 32.4 Å². The number of fused-ring (bicyclic) bond motifs is 10. The van der Waals surface area contributed by atoms with Gasteiger partial charge in [-0.2, -0.15) is 0 Å². The third kappa shape index (κ3) is 2.16. The van der Waals surface area contributed by atoms with Crippen LogP contribution in [0.3, 0.4) is 0 Å². The van der Waals surface area contributed by atoms with Crippen molar-refractivity contribution in [3.63, 3.8) is 0 Å². The van der Waals surface area contributed by atoms with Crippen molar-refractivity contribution in [1.82, 2.24) is 0 Å². The lowest BCUT2D eigenvalue weighted by molar-refractivity contribution is -0.0622. The van der Waals surface area contributed by atoms with Gasteiger partial charge in [-0.3, -0.25) is 0 Å². The molecule has 0 N–H and O–H groups in total. The maximum absolute atomic E-state index is 17.4. The molecule has 2 saturated carbocycles. The second kappa shape index (κ2) is 6.67. The largest absolute Gasteiger partial charge is 0.306 e. The predicted molar refractivity (Wildman–Crippen MR) is 148 cm³/mol. The Kier molecular flexibility index (Phi) is 3.90. The van der Waals surface area contributed by atoms with Gasteiger partial charge < -0.3 is 9.80 Å². The summed E-state index contributed by atoms with van der Waals surface area (Å²) in [5.74, 6) is -4.44. The van der Waals surface area contributed by atoms with E-state index in [9.17, 15) is 0 Å². The quantitative estimate of drug-likeness (QED) is 0.185. The molecule has 9 rings (SSSR count). The minimum absolute atomic E-state index is 0.0929. The van der Waals surface area contributed by atoms with Gasteiger partial charge in [-0.25, -0.2) is 17.6 Å². The Morgan fingerprint density at radius 1 is 0.615 bits per heavy atom. The number of anilines is 4. The van der Waals surface area contributed by atoms with Crippen LogP contribution in [0.5, 0.6) is 0 Å². The minimum Gasteiger partial charge on any atom is -0.306 e. The molecule has 0 aromatic heterocycles. The van der Waals surface area contributed by atoms with Gasteiger partial charge in [0, 0.05) is 46.7 Å². The molecule has 4 aliphatic heterocycles. The molecule has 6 aliphatic rings. The molecule has 0 radical (unpaired) electrons. The van der Waals surface area contributed by atoms with Crippen LogP contribution in [0.2, 0.25) is 0 Å². The highest BCUT2D eigenvalue weighted by Crippen LogP contribution is 2.66. The molecule has 0 amide bonds. The van der Waals surface area contributed by atoms with Gasteiger partial charge in [0.25, 0.3) is 6.71 Å². The van der Waals surface area contributed by atoms with Gasteiger partial charge in [-0.1, -0.05) is 30.3 Å². The van der Waals surface area contributed by atoms with E-state index in [0.29, 0.717) is 59.6 Å². The summed E-state index contributed by atoms with van der Waals surface area (Å²) in [6.45, 7) is 3.39. The molecule has 0 saturated heterocycles. The van der Waals surface area contributed by atoms with Crippen molar-refractivity contribution in [1.29, 1.82) is 0 Å². The maximum Gasteiger partial charge on any atom is 0.252 e. The number of alkyl halides is 4. The summed E-state index contributed by atoms with van der Waals surface area (Å²) >= 11 is 0. The van der Waals surface area contributed by atoms with Crippen molar-refractivity contribution in [3.05, 3.63) is 64.7 Å². The van der Waals surface area contributed by atoms with Gasteiger partial charge in [0.15, 0.2) is 11.3 Å². The van der Waals surface area contributed by atoms with Crippen molar-refractivity contribution in [2.24, 2.45) is 0 Å². The normalized spacial score (nSPS) is 34.4. The lowest BCUT2D eigenvalue weighted by atomic mass is 9.33. The number of aryl methyl sites for hydroxylation is 2. The molecule has 2 aliphatic carbocycles. The molecule has 0 bridgehead atoms. The summed E-state index contributed by atoms with van der Waals surface area (Å²) in [6.07, 6.45) is 2.95. The zero-order chi connectivity index (χ0) is 26.7. The van der Waals surface area contributed by atoms with Crippen molar-refractivity contribution < 1.29 is 17.6 Å². The van der Waals surface area contributed by atoms with Crippen molar-refractivity contribution >= 4 is 45.9 Å². The second-order valence-corrected chi connectivity index (χ2v) is 12.7. The Balaban J connectivity index is 1.43. The van der Waals surface area contributed by atoms with Gasteiger partial charge in [0.2, 0.25) is 11.6 Å². The second-order valence-electron chi connectivity index (χ2n) is 12.7. The number of hydrogen-bond acceptors (Lipinski definition) is 2. The maximum atomic E-state index is 17.4. The van der Waals surface area contributed by atoms with Gasteiger partial charge in [0.1, 0.15) is 0 Å². The Hall–Kier alpha value is -2.96. The molecular formula is C32H29BF4N2. The fraction of sp³-hybridized carbons (Fsp3) is 0.438. The van der Waals surface area contributed by atoms with Crippen LogP contribution in [-0.4, -0.2) is 18.3 Å². The van der Waals surface area contributed by atoms with E-state index in [1.807, 2.05) is 50.2 Å². The summed E-state index contributed by atoms with van der Waals surface area (Å²) in [5, 5.41) is 0. The van der Waals surface area contributed by atoms with Gasteiger partial charge in [-0.05, 0) is 92.0 Å². The molecule has 0 spiro atoms. The molecule has 4 atom stereocenters. The number of rotatable bonds is 0. The zero-order valence-corrected chi connectivity index (χ0v) is 22.2. The molecule has 198 valence electrons. The molecule has 2 nitrogen and oxygen atoms in total. The topological polar surface area (TPSA) is 6.48 Å². The first-order valence-corrected chi connectivity index (χ1v) is 14.4. The minimum atomic E-state index is -2.22. The van der Waals surface area contributed by atoms with E-state index in [1.54, 1.807) is 15.9 Å². The SMILES string of the molecule is Cc1ccc2c3c1C1(F)CCCCC1(F)N3c1cccc3c1B2c1ccc(C)c2c1N3C1(F)CCCCC21F. The van der Waals surface area contributed by atoms with Crippen LogP contribution >= 0.6 is 0 Å². The smallest absolute Gasteiger partial charge is 0.252 e. The standard InChI is InChI=1S/C32H29BF4N2/c1-18-10-12-20-27-24(18)29(34)14-3-5-16-31(29,36)38(27)22-8-7-9-23-26(22)33(20)21-13-11-19(2)25-28(21)39(23)32(37)17-6-4-15-30(25,32)35/h7-13H,3-6,14-17H2,1-2H3. The molecule has 3 aromatic rings. The summed E-state index contributed by atoms with van der Waals surface area (Å²) < 4.78 is 69.2. The average molecular weight is 528 g/mol. The first kappa shape index (κ1) is 22.8. The molecule has 39 heavy (non-hydrogen) atoms. The molecule has 4 heterocycles. The van der Waals surface area contributed by atoms with Crippen molar-refractivity contribution in [2.75, 3.05) is 9.80 Å². The van der Waals surface area contributed by atoms with Gasteiger partial charge >= 0.3 is 0 Å². The van der Waals surface area contributed by atoms with Crippen LogP contribution in [-0.2, 0) is 11.3 Å². The molecule has 3 aromatic carbocycles. The summed E-state index contributed by atoms with van der Waals surface area (Å²) in [5.41, 5.74) is 3.05. The number of halogens is 4. The molecule has 4 unspecified atom stereocenters. The number of hydrogen-bond donors (Lipinski definition) is 0. The Labute approximate surface area is 226 Å². The van der Waals surface area contributed by atoms with Crippen LogP contribution in [0, 0.1) is 13.8 Å². The van der Waals surface area contributed by atoms with Crippen LogP contribution in [0.1, 0.15) is 73.6 Å². The monoisotopic (exact) mass is 528 g/mol. The van der Waals surface area contributed by atoms with E-state index in [0.717, 1.165) is 27.5 Å². The van der Waals surface area contributed by atoms with Crippen molar-refractivity contribution in [3.8, 4) is 0 Å². The fourth-order valence-corrected chi connectivity index (χ4v) is 9.49. The highest BCUT2D eigenvalue weighted by Gasteiger charge is 2.71. The highest BCUT2D eigenvalue weighted by atomic mass is 19.2. The van der Waals surface area contributed by atoms with Crippen molar-refractivity contribution in [2.45, 2.75) is 88.1 Å². The van der Waals surface area contributed by atoms with E-state index in [1.165, 1.54) is 0 Å². The van der Waals surface area contributed by atoms with E-state index >= 15 is 17.6 Å². The lowest BCUT2D eigenvalue weighted by Crippen LogP contribution is -2.65. The Bertz CT molecular complexity index is 1540. The van der Waals surface area contributed by atoms with Crippen LogP contribution in [0.4, 0.5) is 40.3 Å². The third-order valence-corrected chi connectivity index (χ3v) is 11.0. The predicted octanol–water partition coefficient (Wildman–Crippen LogP) is 6.56. The number of nitrogens with zero attached hydrogens (tertiary/aromatic N) is 2. The summed E-state index contributed by atoms with van der Waals surface area (Å²) in [6, 6.07) is 13.3. The molecular weight excluding hydrogens is 499 g/mol. The molecule has 7 heteroatoms. The Morgan fingerprint density at radius 2 is 1.05 bits per heavy atom. The van der Waals surface area contributed by atoms with Gasteiger partial charge in [-0.15, -0.1) is 0 Å². The van der Waals surface area contributed by atoms with E-state index in [4.69, 9.17) is 0 Å².